The zero-order valence-electron chi connectivity index (χ0n) is 12.8. The topological polar surface area (TPSA) is 54.9 Å². The summed E-state index contributed by atoms with van der Waals surface area (Å²) in [6.45, 7) is 4.98. The van der Waals surface area contributed by atoms with Crippen LogP contribution in [-0.4, -0.2) is 22.4 Å². The van der Waals surface area contributed by atoms with Crippen molar-refractivity contribution in [2.45, 2.75) is 20.3 Å². The molecule has 4 nitrogen and oxygen atoms in total. The molecular formula is C18H19N3O. The molecule has 0 spiro atoms. The largest absolute Gasteiger partial charge is 0.352 e. The van der Waals surface area contributed by atoms with Crippen molar-refractivity contribution in [3.05, 3.63) is 48.0 Å². The van der Waals surface area contributed by atoms with Crippen LogP contribution in [0.4, 0.5) is 0 Å². The number of hydrogen-bond donors (Lipinski definition) is 1. The average molecular weight is 293 g/mol. The highest BCUT2D eigenvalue weighted by Gasteiger charge is 2.08. The van der Waals surface area contributed by atoms with Crippen LogP contribution in [0.3, 0.4) is 0 Å². The normalized spacial score (nSPS) is 11.2. The zero-order chi connectivity index (χ0) is 15.5. The first-order chi connectivity index (χ1) is 10.6. The van der Waals surface area contributed by atoms with Crippen LogP contribution in [0.5, 0.6) is 0 Å². The maximum Gasteiger partial charge on any atom is 0.251 e. The first-order valence-electron chi connectivity index (χ1n) is 7.58. The van der Waals surface area contributed by atoms with Gasteiger partial charge in [0.1, 0.15) is 0 Å². The van der Waals surface area contributed by atoms with E-state index in [9.17, 15) is 4.79 Å². The molecule has 0 saturated carbocycles. The molecule has 1 aromatic heterocycles. The average Bonchev–Trinajstić information content (AvgIpc) is 2.51. The van der Waals surface area contributed by atoms with E-state index in [1.165, 1.54) is 0 Å². The molecule has 3 aromatic rings. The molecule has 1 N–H and O–H groups in total. The number of nitrogens with zero attached hydrogens (tertiary/aromatic N) is 2. The van der Waals surface area contributed by atoms with E-state index in [1.807, 2.05) is 30.3 Å². The summed E-state index contributed by atoms with van der Waals surface area (Å²) in [7, 11) is 0. The summed E-state index contributed by atoms with van der Waals surface area (Å²) in [5.41, 5.74) is 3.88. The molecule has 0 aliphatic heterocycles. The molecule has 2 aromatic carbocycles. The number of benzene rings is 2. The Kier molecular flexibility index (Phi) is 4.00. The van der Waals surface area contributed by atoms with Crippen molar-refractivity contribution in [3.8, 4) is 0 Å². The third-order valence-corrected chi connectivity index (χ3v) is 3.61. The molecule has 1 amide bonds. The highest BCUT2D eigenvalue weighted by molar-refractivity contribution is 5.98. The Morgan fingerprint density at radius 2 is 1.64 bits per heavy atom. The number of para-hydroxylation sites is 2. The summed E-state index contributed by atoms with van der Waals surface area (Å²) in [5.74, 6) is 0.520. The molecule has 0 aliphatic rings. The highest BCUT2D eigenvalue weighted by Crippen LogP contribution is 2.17. The van der Waals surface area contributed by atoms with Crippen LogP contribution < -0.4 is 5.32 Å². The van der Waals surface area contributed by atoms with Crippen LogP contribution >= 0.6 is 0 Å². The molecule has 0 bridgehead atoms. The first-order valence-corrected chi connectivity index (χ1v) is 7.58. The van der Waals surface area contributed by atoms with Crippen molar-refractivity contribution in [3.63, 3.8) is 0 Å². The quantitative estimate of drug-likeness (QED) is 0.748. The van der Waals surface area contributed by atoms with Crippen LogP contribution in [0.15, 0.2) is 42.5 Å². The first kappa shape index (κ1) is 14.4. The van der Waals surface area contributed by atoms with E-state index in [4.69, 9.17) is 0 Å². The lowest BCUT2D eigenvalue weighted by atomic mass is 10.1. The maximum absolute atomic E-state index is 12.2. The second-order valence-corrected chi connectivity index (χ2v) is 5.85. The maximum atomic E-state index is 12.2. The second kappa shape index (κ2) is 6.10. The van der Waals surface area contributed by atoms with Gasteiger partial charge in [0.15, 0.2) is 0 Å². The predicted octanol–water partition coefficient (Wildman–Crippen LogP) is 3.56. The van der Waals surface area contributed by atoms with Crippen molar-refractivity contribution in [1.82, 2.24) is 15.3 Å². The number of aromatic nitrogens is 2. The fourth-order valence-corrected chi connectivity index (χ4v) is 2.34. The van der Waals surface area contributed by atoms with E-state index in [0.29, 0.717) is 18.0 Å². The Morgan fingerprint density at radius 3 is 2.32 bits per heavy atom. The minimum Gasteiger partial charge on any atom is -0.352 e. The Balaban J connectivity index is 1.88. The molecule has 3 rings (SSSR count). The van der Waals surface area contributed by atoms with Gasteiger partial charge in [0.2, 0.25) is 0 Å². The van der Waals surface area contributed by atoms with Gasteiger partial charge in [-0.3, -0.25) is 4.79 Å². The number of carbonyl (C=O) groups is 1. The molecule has 4 heteroatoms. The zero-order valence-corrected chi connectivity index (χ0v) is 12.8. The molecular weight excluding hydrogens is 274 g/mol. The van der Waals surface area contributed by atoms with Crippen LogP contribution in [0, 0.1) is 5.92 Å². The number of rotatable bonds is 4. The van der Waals surface area contributed by atoms with Crippen LogP contribution in [-0.2, 0) is 0 Å². The smallest absolute Gasteiger partial charge is 0.251 e. The van der Waals surface area contributed by atoms with E-state index in [1.54, 1.807) is 12.1 Å². The molecule has 0 saturated heterocycles. The third-order valence-electron chi connectivity index (χ3n) is 3.61. The van der Waals surface area contributed by atoms with Crippen LogP contribution in [0.1, 0.15) is 30.6 Å². The number of amides is 1. The summed E-state index contributed by atoms with van der Waals surface area (Å²) in [6.07, 6.45) is 0.976. The van der Waals surface area contributed by atoms with Gasteiger partial charge in [0.25, 0.3) is 5.91 Å². The minimum atomic E-state index is -0.0579. The lowest BCUT2D eigenvalue weighted by molar-refractivity contribution is 0.0952. The molecule has 0 unspecified atom stereocenters. The SMILES string of the molecule is CC(C)CCNC(=O)c1ccc2nc3ccccc3nc2c1. The fourth-order valence-electron chi connectivity index (χ4n) is 2.34. The fraction of sp³-hybridized carbons (Fsp3) is 0.278. The standard InChI is InChI=1S/C18H19N3O/c1-12(2)9-10-19-18(22)13-7-8-16-17(11-13)21-15-6-4-3-5-14(15)20-16/h3-8,11-12H,9-10H2,1-2H3,(H,19,22). The van der Waals surface area contributed by atoms with Crippen molar-refractivity contribution in [2.24, 2.45) is 5.92 Å². The van der Waals surface area contributed by atoms with E-state index < -0.39 is 0 Å². The van der Waals surface area contributed by atoms with E-state index in [0.717, 1.165) is 28.5 Å². The Morgan fingerprint density at radius 1 is 1.00 bits per heavy atom. The van der Waals surface area contributed by atoms with Gasteiger partial charge in [0.05, 0.1) is 22.1 Å². The van der Waals surface area contributed by atoms with Gasteiger partial charge in [-0.2, -0.15) is 0 Å². The molecule has 0 radical (unpaired) electrons. The Bertz CT molecular complexity index is 827. The van der Waals surface area contributed by atoms with E-state index >= 15 is 0 Å². The van der Waals surface area contributed by atoms with Gasteiger partial charge in [-0.05, 0) is 42.7 Å². The van der Waals surface area contributed by atoms with Crippen LogP contribution in [0.25, 0.3) is 22.1 Å². The second-order valence-electron chi connectivity index (χ2n) is 5.85. The van der Waals surface area contributed by atoms with Crippen molar-refractivity contribution in [2.75, 3.05) is 6.54 Å². The molecule has 112 valence electrons. The summed E-state index contributed by atoms with van der Waals surface area (Å²) < 4.78 is 0. The summed E-state index contributed by atoms with van der Waals surface area (Å²) in [5, 5.41) is 2.95. The number of carbonyl (C=O) groups excluding carboxylic acids is 1. The van der Waals surface area contributed by atoms with Gasteiger partial charge in [-0.25, -0.2) is 9.97 Å². The Hall–Kier alpha value is -2.49. The molecule has 1 heterocycles. The molecule has 0 aliphatic carbocycles. The van der Waals surface area contributed by atoms with Gasteiger partial charge < -0.3 is 5.32 Å². The van der Waals surface area contributed by atoms with Crippen LogP contribution in [0.2, 0.25) is 0 Å². The van der Waals surface area contributed by atoms with Crippen molar-refractivity contribution in [1.29, 1.82) is 0 Å². The van der Waals surface area contributed by atoms with Gasteiger partial charge >= 0.3 is 0 Å². The van der Waals surface area contributed by atoms with Gasteiger partial charge in [-0.1, -0.05) is 26.0 Å². The molecule has 0 fully saturated rings. The van der Waals surface area contributed by atoms with E-state index in [2.05, 4.69) is 29.1 Å². The van der Waals surface area contributed by atoms with Crippen molar-refractivity contribution >= 4 is 28.0 Å². The number of fused-ring (bicyclic) bond motifs is 2. The molecule has 0 atom stereocenters. The summed E-state index contributed by atoms with van der Waals surface area (Å²) in [4.78, 5) is 21.3. The predicted molar refractivity (Wildman–Crippen MR) is 88.8 cm³/mol. The summed E-state index contributed by atoms with van der Waals surface area (Å²) >= 11 is 0. The lowest BCUT2D eigenvalue weighted by Gasteiger charge is -2.08. The van der Waals surface area contributed by atoms with Crippen molar-refractivity contribution < 1.29 is 4.79 Å². The van der Waals surface area contributed by atoms with Gasteiger partial charge in [0, 0.05) is 12.1 Å². The summed E-state index contributed by atoms with van der Waals surface area (Å²) in [6, 6.07) is 13.2. The highest BCUT2D eigenvalue weighted by atomic mass is 16.1. The number of nitrogens with one attached hydrogen (secondary N) is 1. The van der Waals surface area contributed by atoms with E-state index in [-0.39, 0.29) is 5.91 Å². The number of hydrogen-bond acceptors (Lipinski definition) is 3. The monoisotopic (exact) mass is 293 g/mol. The lowest BCUT2D eigenvalue weighted by Crippen LogP contribution is -2.25. The van der Waals surface area contributed by atoms with Gasteiger partial charge in [-0.15, -0.1) is 0 Å². The Labute approximate surface area is 129 Å². The minimum absolute atomic E-state index is 0.0579. The third kappa shape index (κ3) is 3.06. The molecule has 22 heavy (non-hydrogen) atoms.